The highest BCUT2D eigenvalue weighted by molar-refractivity contribution is 6.10. The van der Waals surface area contributed by atoms with E-state index in [9.17, 15) is 0 Å². The second kappa shape index (κ2) is 13.4. The molecule has 0 aliphatic carbocycles. The van der Waals surface area contributed by atoms with E-state index in [0.29, 0.717) is 0 Å². The predicted molar refractivity (Wildman–Crippen MR) is 222 cm³/mol. The van der Waals surface area contributed by atoms with Gasteiger partial charge in [0.2, 0.25) is 0 Å². The van der Waals surface area contributed by atoms with Crippen LogP contribution in [0, 0.1) is 20.8 Å². The molecule has 7 aromatic carbocycles. The van der Waals surface area contributed by atoms with E-state index in [1.807, 2.05) is 0 Å². The van der Waals surface area contributed by atoms with E-state index < -0.39 is 0 Å². The van der Waals surface area contributed by atoms with Crippen molar-refractivity contribution in [2.45, 2.75) is 20.8 Å². The van der Waals surface area contributed by atoms with Crippen LogP contribution >= 0.6 is 0 Å². The Bertz CT molecular complexity index is 2630. The van der Waals surface area contributed by atoms with Gasteiger partial charge < -0.3 is 9.47 Å². The third-order valence-electron chi connectivity index (χ3n) is 10.1. The topological polar surface area (TPSA) is 34.0 Å². The van der Waals surface area contributed by atoms with Crippen molar-refractivity contribution in [3.05, 3.63) is 193 Å². The van der Waals surface area contributed by atoms with Gasteiger partial charge in [0.15, 0.2) is 5.82 Å². The summed E-state index contributed by atoms with van der Waals surface area (Å²) in [5.41, 5.74) is 15.4. The fourth-order valence-corrected chi connectivity index (χ4v) is 7.33. The van der Waals surface area contributed by atoms with Crippen molar-refractivity contribution in [1.29, 1.82) is 0 Å². The van der Waals surface area contributed by atoms with Crippen molar-refractivity contribution in [3.8, 4) is 39.6 Å². The first kappa shape index (κ1) is 32.1. The van der Waals surface area contributed by atoms with Crippen LogP contribution in [-0.2, 0) is 0 Å². The van der Waals surface area contributed by atoms with Gasteiger partial charge in [0.25, 0.3) is 0 Å². The van der Waals surface area contributed by atoms with Crippen LogP contribution < -0.4 is 4.90 Å². The lowest BCUT2D eigenvalue weighted by atomic mass is 10.0. The predicted octanol–water partition coefficient (Wildman–Crippen LogP) is 13.0. The molecule has 0 amide bonds. The molecule has 0 atom stereocenters. The summed E-state index contributed by atoms with van der Waals surface area (Å²) in [6.07, 6.45) is 0. The maximum atomic E-state index is 5.13. The number of rotatable bonds is 7. The highest BCUT2D eigenvalue weighted by Crippen LogP contribution is 2.40. The Morgan fingerprint density at radius 1 is 0.415 bits per heavy atom. The minimum atomic E-state index is 0.720. The van der Waals surface area contributed by atoms with E-state index >= 15 is 0 Å². The summed E-state index contributed by atoms with van der Waals surface area (Å²) in [6.45, 7) is 6.41. The average Bonchev–Trinajstić information content (AvgIpc) is 3.52. The quantitative estimate of drug-likeness (QED) is 0.168. The lowest BCUT2D eigenvalue weighted by Crippen LogP contribution is -2.09. The third kappa shape index (κ3) is 6.04. The summed E-state index contributed by atoms with van der Waals surface area (Å²) >= 11 is 0. The van der Waals surface area contributed by atoms with Crippen molar-refractivity contribution in [2.24, 2.45) is 0 Å². The average molecular weight is 683 g/mol. The molecule has 53 heavy (non-hydrogen) atoms. The molecule has 0 N–H and O–H groups in total. The molecule has 4 heteroatoms. The number of fused-ring (bicyclic) bond motifs is 3. The van der Waals surface area contributed by atoms with E-state index in [-0.39, 0.29) is 0 Å². The number of para-hydroxylation sites is 3. The van der Waals surface area contributed by atoms with E-state index in [0.717, 1.165) is 67.7 Å². The second-order valence-corrected chi connectivity index (χ2v) is 13.8. The van der Waals surface area contributed by atoms with Gasteiger partial charge in [0, 0.05) is 50.2 Å². The van der Waals surface area contributed by atoms with Gasteiger partial charge in [0.1, 0.15) is 0 Å². The number of aromatic nitrogens is 3. The van der Waals surface area contributed by atoms with Gasteiger partial charge in [0.05, 0.1) is 22.4 Å². The molecule has 9 rings (SSSR count). The molecule has 9 aromatic rings. The molecule has 254 valence electrons. The molecule has 0 bridgehead atoms. The van der Waals surface area contributed by atoms with Crippen LogP contribution in [0.15, 0.2) is 176 Å². The number of anilines is 3. The van der Waals surface area contributed by atoms with E-state index in [2.05, 4.69) is 206 Å². The number of hydrogen-bond acceptors (Lipinski definition) is 3. The molecule has 2 heterocycles. The highest BCUT2D eigenvalue weighted by Gasteiger charge is 2.19. The monoisotopic (exact) mass is 682 g/mol. The van der Waals surface area contributed by atoms with Crippen LogP contribution in [0.1, 0.15) is 16.7 Å². The molecule has 0 spiro atoms. The number of benzene rings is 7. The van der Waals surface area contributed by atoms with Gasteiger partial charge >= 0.3 is 0 Å². The minimum Gasteiger partial charge on any atom is -0.310 e. The number of hydrogen-bond donors (Lipinski definition) is 0. The number of nitrogens with zero attached hydrogens (tertiary/aromatic N) is 4. The Kier molecular flexibility index (Phi) is 8.13. The summed E-state index contributed by atoms with van der Waals surface area (Å²) in [4.78, 5) is 12.5. The molecule has 2 aromatic heterocycles. The fourth-order valence-electron chi connectivity index (χ4n) is 7.33. The maximum Gasteiger partial charge on any atom is 0.160 e. The minimum absolute atomic E-state index is 0.720. The third-order valence-corrected chi connectivity index (χ3v) is 10.1. The van der Waals surface area contributed by atoms with Gasteiger partial charge in [-0.1, -0.05) is 120 Å². The second-order valence-electron chi connectivity index (χ2n) is 13.8. The van der Waals surface area contributed by atoms with Crippen molar-refractivity contribution >= 4 is 38.9 Å². The van der Waals surface area contributed by atoms with Crippen LogP contribution in [0.25, 0.3) is 61.4 Å². The smallest absolute Gasteiger partial charge is 0.160 e. The zero-order chi connectivity index (χ0) is 35.9. The van der Waals surface area contributed by atoms with Crippen LogP contribution in [0.5, 0.6) is 0 Å². The molecule has 0 aliphatic rings. The first-order valence-electron chi connectivity index (χ1n) is 18.1. The van der Waals surface area contributed by atoms with Gasteiger partial charge in [-0.25, -0.2) is 9.97 Å². The molecule has 0 saturated carbocycles. The van der Waals surface area contributed by atoms with Crippen molar-refractivity contribution in [1.82, 2.24) is 14.5 Å². The Morgan fingerprint density at radius 3 is 1.60 bits per heavy atom. The summed E-state index contributed by atoms with van der Waals surface area (Å²) in [6, 6.07) is 62.5. The summed E-state index contributed by atoms with van der Waals surface area (Å²) in [5.74, 6) is 0.720. The Balaban J connectivity index is 1.17. The van der Waals surface area contributed by atoms with E-state index in [1.165, 1.54) is 27.4 Å². The van der Waals surface area contributed by atoms with Gasteiger partial charge in [-0.3, -0.25) is 0 Å². The highest BCUT2D eigenvalue weighted by atomic mass is 15.1. The first-order valence-corrected chi connectivity index (χ1v) is 18.1. The number of aryl methyl sites for hydroxylation is 3. The van der Waals surface area contributed by atoms with Crippen LogP contribution in [0.4, 0.5) is 17.1 Å². The first-order chi connectivity index (χ1) is 26.0. The molecule has 0 radical (unpaired) electrons. The van der Waals surface area contributed by atoms with Crippen molar-refractivity contribution in [2.75, 3.05) is 4.90 Å². The Labute approximate surface area is 310 Å². The van der Waals surface area contributed by atoms with Crippen LogP contribution in [0.2, 0.25) is 0 Å². The molecule has 0 fully saturated rings. The van der Waals surface area contributed by atoms with Gasteiger partial charge in [-0.15, -0.1) is 0 Å². The Morgan fingerprint density at radius 2 is 0.962 bits per heavy atom. The van der Waals surface area contributed by atoms with Crippen molar-refractivity contribution in [3.63, 3.8) is 0 Å². The zero-order valence-electron chi connectivity index (χ0n) is 30.0. The van der Waals surface area contributed by atoms with Crippen molar-refractivity contribution < 1.29 is 0 Å². The Hall–Kier alpha value is -6.78. The molecule has 0 aliphatic heterocycles. The lowest BCUT2D eigenvalue weighted by molar-refractivity contribution is 1.14. The largest absolute Gasteiger partial charge is 0.310 e. The molecule has 4 nitrogen and oxygen atoms in total. The van der Waals surface area contributed by atoms with Crippen LogP contribution in [-0.4, -0.2) is 14.5 Å². The molecule has 0 saturated heterocycles. The summed E-state index contributed by atoms with van der Waals surface area (Å²) < 4.78 is 2.40. The summed E-state index contributed by atoms with van der Waals surface area (Å²) in [7, 11) is 0. The van der Waals surface area contributed by atoms with Gasteiger partial charge in [-0.2, -0.15) is 0 Å². The fraction of sp³-hybridized carbons (Fsp3) is 0.0612. The molecular weight excluding hydrogens is 645 g/mol. The van der Waals surface area contributed by atoms with Crippen LogP contribution in [0.3, 0.4) is 0 Å². The van der Waals surface area contributed by atoms with E-state index in [4.69, 9.17) is 9.97 Å². The zero-order valence-corrected chi connectivity index (χ0v) is 30.0. The molecular formula is C49H38N4. The van der Waals surface area contributed by atoms with Gasteiger partial charge in [-0.05, 0) is 93.1 Å². The normalized spacial score (nSPS) is 11.3. The van der Waals surface area contributed by atoms with E-state index in [1.54, 1.807) is 0 Å². The summed E-state index contributed by atoms with van der Waals surface area (Å²) in [5, 5.41) is 2.43. The maximum absolute atomic E-state index is 5.13. The SMILES string of the molecule is Cc1ccc(-c2cc(-c3ccc(-n4c5ccccc5c5cc(N(c6ccccc6)c6ccccc6)ccc54)c(C)c3)nc(-c3ccc(C)cc3)n2)cc1. The molecule has 0 unspecified atom stereocenters. The lowest BCUT2D eigenvalue weighted by Gasteiger charge is -2.25. The standard InChI is InChI=1S/C49H38N4/c1-33-18-22-36(23-19-33)44-32-45(51-49(50-44)37-24-20-34(2)21-25-37)38-26-28-46(35(3)30-38)53-47-17-11-10-16-42(47)43-31-41(27-29-48(43)53)52(39-12-6-4-7-13-39)40-14-8-5-9-15-40/h4-32H,1-3H3.